The van der Waals surface area contributed by atoms with Gasteiger partial charge in [-0.2, -0.15) is 0 Å². The van der Waals surface area contributed by atoms with Gasteiger partial charge in [0.15, 0.2) is 0 Å². The molecule has 1 aliphatic rings. The third kappa shape index (κ3) is 3.65. The van der Waals surface area contributed by atoms with Crippen molar-refractivity contribution in [2.75, 3.05) is 47.4 Å². The summed E-state index contributed by atoms with van der Waals surface area (Å²) in [5.74, 6) is 0. The minimum atomic E-state index is 0.901. The molecule has 0 aliphatic carbocycles. The molecule has 4 nitrogen and oxygen atoms in total. The number of nitrogens with zero attached hydrogens (tertiary/aromatic N) is 3. The SMILES string of the molecule is CN(C)CCN1CC(N)=CN(C)C1. The zero-order chi connectivity index (χ0) is 9.84. The first-order valence-electron chi connectivity index (χ1n) is 4.61. The van der Waals surface area contributed by atoms with Gasteiger partial charge in [0.1, 0.15) is 0 Å². The zero-order valence-electron chi connectivity index (χ0n) is 8.82. The van der Waals surface area contributed by atoms with Crippen LogP contribution in [0.15, 0.2) is 11.9 Å². The van der Waals surface area contributed by atoms with Gasteiger partial charge in [-0.1, -0.05) is 0 Å². The maximum atomic E-state index is 5.79. The summed E-state index contributed by atoms with van der Waals surface area (Å²) < 4.78 is 0. The van der Waals surface area contributed by atoms with Gasteiger partial charge in [-0.15, -0.1) is 0 Å². The molecule has 0 spiro atoms. The van der Waals surface area contributed by atoms with Crippen molar-refractivity contribution in [2.45, 2.75) is 0 Å². The Kier molecular flexibility index (Phi) is 3.57. The molecule has 4 heteroatoms. The summed E-state index contributed by atoms with van der Waals surface area (Å²) in [5.41, 5.74) is 6.74. The number of likely N-dealkylation sites (N-methyl/N-ethyl adjacent to an activating group) is 1. The first-order valence-corrected chi connectivity index (χ1v) is 4.61. The first-order chi connectivity index (χ1) is 6.08. The molecule has 0 bridgehead atoms. The lowest BCUT2D eigenvalue weighted by molar-refractivity contribution is 0.169. The van der Waals surface area contributed by atoms with E-state index in [2.05, 4.69) is 35.8 Å². The molecule has 1 heterocycles. The molecule has 76 valence electrons. The van der Waals surface area contributed by atoms with E-state index in [0.717, 1.165) is 32.0 Å². The van der Waals surface area contributed by atoms with Crippen molar-refractivity contribution in [1.82, 2.24) is 14.7 Å². The fraction of sp³-hybridized carbons (Fsp3) is 0.778. The zero-order valence-corrected chi connectivity index (χ0v) is 8.82. The largest absolute Gasteiger partial charge is 0.400 e. The summed E-state index contributed by atoms with van der Waals surface area (Å²) in [6.45, 7) is 4.04. The van der Waals surface area contributed by atoms with Crippen LogP contribution in [0.4, 0.5) is 0 Å². The first kappa shape index (κ1) is 10.3. The lowest BCUT2D eigenvalue weighted by Crippen LogP contribution is -2.43. The Bertz CT molecular complexity index is 188. The number of hydrogen-bond acceptors (Lipinski definition) is 4. The summed E-state index contributed by atoms with van der Waals surface area (Å²) in [6.07, 6.45) is 2.01. The van der Waals surface area contributed by atoms with Crippen molar-refractivity contribution < 1.29 is 0 Å². The molecule has 0 amide bonds. The normalized spacial score (nSPS) is 19.4. The van der Waals surface area contributed by atoms with E-state index in [1.165, 1.54) is 0 Å². The van der Waals surface area contributed by atoms with Gasteiger partial charge in [-0.25, -0.2) is 0 Å². The highest BCUT2D eigenvalue weighted by molar-refractivity contribution is 5.01. The van der Waals surface area contributed by atoms with E-state index < -0.39 is 0 Å². The van der Waals surface area contributed by atoms with Crippen molar-refractivity contribution in [1.29, 1.82) is 0 Å². The molecule has 0 saturated carbocycles. The lowest BCUT2D eigenvalue weighted by atomic mass is 10.3. The van der Waals surface area contributed by atoms with Crippen LogP contribution in [0.3, 0.4) is 0 Å². The van der Waals surface area contributed by atoms with Gasteiger partial charge in [0.05, 0.1) is 6.67 Å². The minimum absolute atomic E-state index is 0.901. The van der Waals surface area contributed by atoms with Crippen LogP contribution < -0.4 is 5.73 Å². The topological polar surface area (TPSA) is 35.7 Å². The number of nitrogens with two attached hydrogens (primary N) is 1. The van der Waals surface area contributed by atoms with Crippen molar-refractivity contribution >= 4 is 0 Å². The third-order valence-electron chi connectivity index (χ3n) is 2.08. The van der Waals surface area contributed by atoms with Crippen LogP contribution in [0.2, 0.25) is 0 Å². The van der Waals surface area contributed by atoms with Gasteiger partial charge in [0.25, 0.3) is 0 Å². The van der Waals surface area contributed by atoms with Gasteiger partial charge < -0.3 is 15.5 Å². The van der Waals surface area contributed by atoms with Crippen LogP contribution >= 0.6 is 0 Å². The molecule has 13 heavy (non-hydrogen) atoms. The van der Waals surface area contributed by atoms with E-state index >= 15 is 0 Å². The third-order valence-corrected chi connectivity index (χ3v) is 2.08. The van der Waals surface area contributed by atoms with Crippen LogP contribution in [0, 0.1) is 0 Å². The fourth-order valence-corrected chi connectivity index (χ4v) is 1.48. The van der Waals surface area contributed by atoms with Crippen LogP contribution in [-0.4, -0.2) is 62.1 Å². The van der Waals surface area contributed by atoms with Crippen molar-refractivity contribution in [3.63, 3.8) is 0 Å². The summed E-state index contributed by atoms with van der Waals surface area (Å²) >= 11 is 0. The van der Waals surface area contributed by atoms with Gasteiger partial charge >= 0.3 is 0 Å². The van der Waals surface area contributed by atoms with Gasteiger partial charge in [-0.3, -0.25) is 4.90 Å². The van der Waals surface area contributed by atoms with E-state index in [0.29, 0.717) is 0 Å². The Balaban J connectivity index is 2.33. The summed E-state index contributed by atoms with van der Waals surface area (Å²) in [6, 6.07) is 0. The quantitative estimate of drug-likeness (QED) is 0.644. The molecular weight excluding hydrogens is 164 g/mol. The van der Waals surface area contributed by atoms with E-state index in [9.17, 15) is 0 Å². The maximum Gasteiger partial charge on any atom is 0.0702 e. The second-order valence-corrected chi connectivity index (χ2v) is 3.96. The summed E-state index contributed by atoms with van der Waals surface area (Å²) in [7, 11) is 6.23. The number of hydrogen-bond donors (Lipinski definition) is 1. The van der Waals surface area contributed by atoms with Crippen LogP contribution in [0.5, 0.6) is 0 Å². The molecule has 0 fully saturated rings. The van der Waals surface area contributed by atoms with Crippen molar-refractivity contribution in [2.24, 2.45) is 5.73 Å². The Hall–Kier alpha value is -0.740. The Morgan fingerprint density at radius 2 is 2.23 bits per heavy atom. The van der Waals surface area contributed by atoms with Crippen molar-refractivity contribution in [3.8, 4) is 0 Å². The Morgan fingerprint density at radius 1 is 1.54 bits per heavy atom. The standard InChI is InChI=1S/C9H20N4/c1-11(2)4-5-13-7-9(10)6-12(3)8-13/h6H,4-5,7-8,10H2,1-3H3. The Morgan fingerprint density at radius 3 is 2.77 bits per heavy atom. The molecule has 1 aliphatic heterocycles. The maximum absolute atomic E-state index is 5.79. The highest BCUT2D eigenvalue weighted by Gasteiger charge is 2.12. The lowest BCUT2D eigenvalue weighted by Gasteiger charge is -2.32. The van der Waals surface area contributed by atoms with E-state index in [-0.39, 0.29) is 0 Å². The van der Waals surface area contributed by atoms with Crippen molar-refractivity contribution in [3.05, 3.63) is 11.9 Å². The molecular formula is C9H20N4. The van der Waals surface area contributed by atoms with E-state index in [4.69, 9.17) is 5.73 Å². The Labute approximate surface area is 80.6 Å². The summed E-state index contributed by atoms with van der Waals surface area (Å²) in [4.78, 5) is 6.65. The van der Waals surface area contributed by atoms with Crippen LogP contribution in [-0.2, 0) is 0 Å². The molecule has 2 N–H and O–H groups in total. The van der Waals surface area contributed by atoms with Gasteiger partial charge in [0, 0.05) is 38.6 Å². The molecule has 0 aromatic heterocycles. The van der Waals surface area contributed by atoms with E-state index in [1.807, 2.05) is 6.20 Å². The van der Waals surface area contributed by atoms with Crippen LogP contribution in [0.25, 0.3) is 0 Å². The second-order valence-electron chi connectivity index (χ2n) is 3.96. The molecule has 1 rings (SSSR count). The monoisotopic (exact) mass is 184 g/mol. The second kappa shape index (κ2) is 4.48. The molecule has 0 saturated heterocycles. The van der Waals surface area contributed by atoms with E-state index in [1.54, 1.807) is 0 Å². The molecule has 0 aromatic rings. The predicted octanol–water partition coefficient (Wildman–Crippen LogP) is -0.447. The van der Waals surface area contributed by atoms with Crippen LogP contribution in [0.1, 0.15) is 0 Å². The minimum Gasteiger partial charge on any atom is -0.400 e. The average Bonchev–Trinajstić information content (AvgIpc) is 1.99. The predicted molar refractivity (Wildman–Crippen MR) is 55.0 cm³/mol. The smallest absolute Gasteiger partial charge is 0.0702 e. The molecule has 0 aromatic carbocycles. The van der Waals surface area contributed by atoms with Gasteiger partial charge in [-0.05, 0) is 14.1 Å². The summed E-state index contributed by atoms with van der Waals surface area (Å²) in [5, 5.41) is 0. The van der Waals surface area contributed by atoms with Gasteiger partial charge in [0.2, 0.25) is 0 Å². The molecule has 0 radical (unpaired) electrons. The average molecular weight is 184 g/mol. The highest BCUT2D eigenvalue weighted by atomic mass is 15.3. The highest BCUT2D eigenvalue weighted by Crippen LogP contribution is 2.03. The fourth-order valence-electron chi connectivity index (χ4n) is 1.48. The molecule has 0 unspecified atom stereocenters. The molecule has 0 atom stereocenters. The number of rotatable bonds is 3.